The summed E-state index contributed by atoms with van der Waals surface area (Å²) in [7, 11) is 0. The molecule has 0 heterocycles. The van der Waals surface area contributed by atoms with Crippen LogP contribution in [0.3, 0.4) is 0 Å². The Morgan fingerprint density at radius 2 is 2.31 bits per heavy atom. The van der Waals surface area contributed by atoms with Crippen LogP contribution >= 0.6 is 0 Å². The molecule has 0 spiro atoms. The van der Waals surface area contributed by atoms with Gasteiger partial charge in [0.2, 0.25) is 0 Å². The molecule has 2 heteroatoms. The van der Waals surface area contributed by atoms with Crippen LogP contribution in [0, 0.1) is 0 Å². The van der Waals surface area contributed by atoms with Gasteiger partial charge in [-0.1, -0.05) is 12.1 Å². The van der Waals surface area contributed by atoms with E-state index in [0.29, 0.717) is 5.75 Å². The van der Waals surface area contributed by atoms with E-state index in [2.05, 4.69) is 0 Å². The Bertz CT molecular complexity index is 355. The fourth-order valence-corrected chi connectivity index (χ4v) is 2.06. The van der Waals surface area contributed by atoms with Gasteiger partial charge in [0.1, 0.15) is 11.5 Å². The quantitative estimate of drug-likeness (QED) is 0.710. The molecule has 1 aromatic rings. The van der Waals surface area contributed by atoms with Crippen LogP contribution in [0.4, 0.5) is 0 Å². The van der Waals surface area contributed by atoms with Crippen molar-refractivity contribution in [3.63, 3.8) is 0 Å². The van der Waals surface area contributed by atoms with Crippen LogP contribution in [0.15, 0.2) is 18.2 Å². The van der Waals surface area contributed by atoms with Crippen molar-refractivity contribution in [2.24, 2.45) is 0 Å². The number of phenols is 1. The molecule has 0 amide bonds. The zero-order valence-electron chi connectivity index (χ0n) is 7.58. The molecule has 13 heavy (non-hydrogen) atoms. The smallest absolute Gasteiger partial charge is 0.137 e. The van der Waals surface area contributed by atoms with Crippen molar-refractivity contribution in [1.82, 2.24) is 0 Å². The summed E-state index contributed by atoms with van der Waals surface area (Å²) >= 11 is 0. The number of hydrogen-bond donors (Lipinski definition) is 1. The molecule has 1 unspecified atom stereocenters. The van der Waals surface area contributed by atoms with Crippen molar-refractivity contribution in [2.45, 2.75) is 25.7 Å². The normalized spacial score (nSPS) is 19.9. The Morgan fingerprint density at radius 1 is 1.54 bits per heavy atom. The summed E-state index contributed by atoms with van der Waals surface area (Å²) in [5, 5.41) is 9.52. The summed E-state index contributed by atoms with van der Waals surface area (Å²) in [6.07, 6.45) is 1.68. The highest BCUT2D eigenvalue weighted by Crippen LogP contribution is 2.37. The molecule has 2 nitrogen and oxygen atoms in total. The van der Waals surface area contributed by atoms with Gasteiger partial charge in [-0.2, -0.15) is 0 Å². The zero-order chi connectivity index (χ0) is 9.42. The van der Waals surface area contributed by atoms with Crippen LogP contribution < -0.4 is 0 Å². The van der Waals surface area contributed by atoms with Crippen molar-refractivity contribution in [3.05, 3.63) is 29.3 Å². The number of hydrogen-bond acceptors (Lipinski definition) is 2. The monoisotopic (exact) mass is 176 g/mol. The third-order valence-corrected chi connectivity index (χ3v) is 2.74. The van der Waals surface area contributed by atoms with E-state index < -0.39 is 0 Å². The first-order valence-corrected chi connectivity index (χ1v) is 4.51. The highest BCUT2D eigenvalue weighted by Gasteiger charge is 2.27. The second kappa shape index (κ2) is 2.87. The number of carbonyl (C=O) groups is 1. The van der Waals surface area contributed by atoms with Gasteiger partial charge >= 0.3 is 0 Å². The zero-order valence-corrected chi connectivity index (χ0v) is 7.58. The number of rotatable bonds is 1. The molecule has 0 aromatic heterocycles. The molecule has 1 aliphatic rings. The minimum Gasteiger partial charge on any atom is -0.508 e. The van der Waals surface area contributed by atoms with Crippen LogP contribution in [-0.2, 0) is 11.2 Å². The van der Waals surface area contributed by atoms with Crippen LogP contribution in [-0.4, -0.2) is 10.9 Å². The number of aromatic hydroxyl groups is 1. The number of ketones is 1. The summed E-state index contributed by atoms with van der Waals surface area (Å²) in [6.45, 7) is 1.61. The maximum atomic E-state index is 11.2. The van der Waals surface area contributed by atoms with E-state index in [9.17, 15) is 9.90 Å². The standard InChI is InChI=1S/C11H12O2/c1-7(12)8-5-6-10-9(8)3-2-4-11(10)13/h2-4,8,13H,5-6H2,1H3. The van der Waals surface area contributed by atoms with E-state index in [1.54, 1.807) is 19.1 Å². The highest BCUT2D eigenvalue weighted by atomic mass is 16.3. The predicted molar refractivity (Wildman–Crippen MR) is 49.8 cm³/mol. The van der Waals surface area contributed by atoms with Gasteiger partial charge in [0.25, 0.3) is 0 Å². The highest BCUT2D eigenvalue weighted by molar-refractivity contribution is 5.85. The lowest BCUT2D eigenvalue weighted by Gasteiger charge is -2.06. The summed E-state index contributed by atoms with van der Waals surface area (Å²) in [4.78, 5) is 11.2. The Balaban J connectivity index is 2.49. The topological polar surface area (TPSA) is 37.3 Å². The molecule has 0 aliphatic heterocycles. The molecule has 1 aliphatic carbocycles. The van der Waals surface area contributed by atoms with Gasteiger partial charge in [-0.3, -0.25) is 4.79 Å². The molecule has 0 saturated heterocycles. The molecule has 2 rings (SSSR count). The number of fused-ring (bicyclic) bond motifs is 1. The molecule has 68 valence electrons. The second-order valence-electron chi connectivity index (χ2n) is 3.55. The first-order valence-electron chi connectivity index (χ1n) is 4.51. The van der Waals surface area contributed by atoms with E-state index in [-0.39, 0.29) is 11.7 Å². The molecule has 1 aromatic carbocycles. The van der Waals surface area contributed by atoms with Gasteiger partial charge < -0.3 is 5.11 Å². The average molecular weight is 176 g/mol. The Hall–Kier alpha value is -1.31. The first-order chi connectivity index (χ1) is 6.20. The van der Waals surface area contributed by atoms with Gasteiger partial charge in [-0.25, -0.2) is 0 Å². The summed E-state index contributed by atoms with van der Waals surface area (Å²) in [5.41, 5.74) is 1.98. The lowest BCUT2D eigenvalue weighted by molar-refractivity contribution is -0.118. The van der Waals surface area contributed by atoms with Gasteiger partial charge in [-0.05, 0) is 37.0 Å². The number of benzene rings is 1. The van der Waals surface area contributed by atoms with Crippen molar-refractivity contribution in [2.75, 3.05) is 0 Å². The molecule has 0 fully saturated rings. The number of Topliss-reactive ketones (excluding diaryl/α,β-unsaturated/α-hetero) is 1. The van der Waals surface area contributed by atoms with Gasteiger partial charge in [0, 0.05) is 5.92 Å². The van der Waals surface area contributed by atoms with E-state index >= 15 is 0 Å². The summed E-state index contributed by atoms with van der Waals surface area (Å²) in [6, 6.07) is 5.42. The first kappa shape index (κ1) is 8.30. The molecule has 1 N–H and O–H groups in total. The van der Waals surface area contributed by atoms with Crippen LogP contribution in [0.2, 0.25) is 0 Å². The van der Waals surface area contributed by atoms with Crippen molar-refractivity contribution in [3.8, 4) is 5.75 Å². The van der Waals surface area contributed by atoms with Crippen LogP contribution in [0.1, 0.15) is 30.4 Å². The maximum Gasteiger partial charge on any atom is 0.137 e. The summed E-state index contributed by atoms with van der Waals surface area (Å²) < 4.78 is 0. The molecule has 0 bridgehead atoms. The van der Waals surface area contributed by atoms with Crippen molar-refractivity contribution >= 4 is 5.78 Å². The molecular formula is C11H12O2. The Labute approximate surface area is 77.2 Å². The fourth-order valence-electron chi connectivity index (χ4n) is 2.06. The second-order valence-corrected chi connectivity index (χ2v) is 3.55. The van der Waals surface area contributed by atoms with Gasteiger partial charge in [-0.15, -0.1) is 0 Å². The third-order valence-electron chi connectivity index (χ3n) is 2.74. The molecular weight excluding hydrogens is 164 g/mol. The Morgan fingerprint density at radius 3 is 3.00 bits per heavy atom. The molecule has 0 saturated carbocycles. The third kappa shape index (κ3) is 1.22. The maximum absolute atomic E-state index is 11.2. The largest absolute Gasteiger partial charge is 0.508 e. The van der Waals surface area contributed by atoms with Crippen LogP contribution in [0.5, 0.6) is 5.75 Å². The van der Waals surface area contributed by atoms with E-state index in [1.807, 2.05) is 6.07 Å². The van der Waals surface area contributed by atoms with E-state index in [0.717, 1.165) is 24.0 Å². The van der Waals surface area contributed by atoms with Crippen LogP contribution in [0.25, 0.3) is 0 Å². The Kier molecular flexibility index (Phi) is 1.83. The summed E-state index contributed by atoms with van der Waals surface area (Å²) in [5.74, 6) is 0.549. The lowest BCUT2D eigenvalue weighted by atomic mass is 9.98. The number of phenolic OH excluding ortho intramolecular Hbond substituents is 1. The lowest BCUT2D eigenvalue weighted by Crippen LogP contribution is -2.04. The molecule has 1 atom stereocenters. The minimum absolute atomic E-state index is 0.0158. The van der Waals surface area contributed by atoms with Crippen molar-refractivity contribution in [1.29, 1.82) is 0 Å². The fraction of sp³-hybridized carbons (Fsp3) is 0.364. The van der Waals surface area contributed by atoms with E-state index in [1.165, 1.54) is 0 Å². The van der Waals surface area contributed by atoms with E-state index in [4.69, 9.17) is 0 Å². The van der Waals surface area contributed by atoms with Crippen molar-refractivity contribution < 1.29 is 9.90 Å². The average Bonchev–Trinajstić information content (AvgIpc) is 2.48. The van der Waals surface area contributed by atoms with Gasteiger partial charge in [0.15, 0.2) is 0 Å². The molecule has 0 radical (unpaired) electrons. The SMILES string of the molecule is CC(=O)C1CCc2c(O)cccc21. The predicted octanol–water partition coefficient (Wildman–Crippen LogP) is 2.01. The minimum atomic E-state index is 0.0158. The van der Waals surface area contributed by atoms with Gasteiger partial charge in [0.05, 0.1) is 0 Å². The number of carbonyl (C=O) groups excluding carboxylic acids is 1.